The normalized spacial score (nSPS) is 20.7. The van der Waals surface area contributed by atoms with Gasteiger partial charge in [0.15, 0.2) is 0 Å². The summed E-state index contributed by atoms with van der Waals surface area (Å²) in [5, 5.41) is 2.65. The highest BCUT2D eigenvalue weighted by Crippen LogP contribution is 2.27. The zero-order chi connectivity index (χ0) is 23.3. The van der Waals surface area contributed by atoms with E-state index in [1.54, 1.807) is 18.7 Å². The number of hydrogen-bond acceptors (Lipinski definition) is 7. The molecule has 1 atom stereocenters. The Bertz CT molecular complexity index is 935. The van der Waals surface area contributed by atoms with Crippen molar-refractivity contribution in [3.8, 4) is 0 Å². The average molecular weight is 470 g/mol. The summed E-state index contributed by atoms with van der Waals surface area (Å²) in [6.45, 7) is 5.13. The van der Waals surface area contributed by atoms with Crippen LogP contribution in [-0.4, -0.2) is 74.2 Å². The van der Waals surface area contributed by atoms with Crippen LogP contribution in [-0.2, 0) is 24.3 Å². The number of nitrogens with one attached hydrogen (secondary N) is 1. The molecule has 1 aromatic rings. The topological polar surface area (TPSA) is 126 Å². The van der Waals surface area contributed by atoms with Crippen LogP contribution < -0.4 is 5.32 Å². The molecule has 0 radical (unpaired) electrons. The average Bonchev–Trinajstić information content (AvgIpc) is 3.30. The Balaban J connectivity index is 1.56. The third kappa shape index (κ3) is 5.50. The van der Waals surface area contributed by atoms with E-state index in [9.17, 15) is 22.8 Å². The predicted octanol–water partition coefficient (Wildman–Crippen LogP) is 1.37. The number of nitrogens with zero attached hydrogens (tertiary/aromatic N) is 2. The number of esters is 1. The lowest BCUT2D eigenvalue weighted by Crippen LogP contribution is -2.52. The second kappa shape index (κ2) is 10.5. The van der Waals surface area contributed by atoms with Gasteiger partial charge in [0.1, 0.15) is 0 Å². The first kappa shape index (κ1) is 24.2. The molecule has 1 aromatic heterocycles. The SMILES string of the molecule is CCOC(=O)c1ccc(S(=O)(=O)N2CCC(C(=O)N3CCCC(NC(=O)CC)C3)CC2)o1. The number of carbonyl (C=O) groups excluding carboxylic acids is 3. The number of hydrogen-bond donors (Lipinski definition) is 1. The van der Waals surface area contributed by atoms with Gasteiger partial charge in [0.25, 0.3) is 10.0 Å². The van der Waals surface area contributed by atoms with Crippen LogP contribution in [0.25, 0.3) is 0 Å². The van der Waals surface area contributed by atoms with Gasteiger partial charge in [-0.1, -0.05) is 6.92 Å². The lowest BCUT2D eigenvalue weighted by Gasteiger charge is -2.37. The first-order chi connectivity index (χ1) is 15.3. The smallest absolute Gasteiger partial charge is 0.374 e. The first-order valence-electron chi connectivity index (χ1n) is 11.1. The maximum Gasteiger partial charge on any atom is 0.374 e. The van der Waals surface area contributed by atoms with E-state index in [0.29, 0.717) is 32.4 Å². The molecule has 2 saturated heterocycles. The van der Waals surface area contributed by atoms with Crippen LogP contribution in [0.5, 0.6) is 0 Å². The van der Waals surface area contributed by atoms with Crippen molar-refractivity contribution in [1.29, 1.82) is 0 Å². The van der Waals surface area contributed by atoms with E-state index >= 15 is 0 Å². The number of sulfonamides is 1. The van der Waals surface area contributed by atoms with Gasteiger partial charge in [-0.3, -0.25) is 9.59 Å². The number of carbonyl (C=O) groups is 3. The Morgan fingerprint density at radius 3 is 2.50 bits per heavy atom. The molecule has 1 N–H and O–H groups in total. The van der Waals surface area contributed by atoms with E-state index < -0.39 is 16.0 Å². The molecule has 3 rings (SSSR count). The van der Waals surface area contributed by atoms with Crippen LogP contribution in [0.3, 0.4) is 0 Å². The van der Waals surface area contributed by atoms with Crippen molar-refractivity contribution in [1.82, 2.24) is 14.5 Å². The summed E-state index contributed by atoms with van der Waals surface area (Å²) >= 11 is 0. The van der Waals surface area contributed by atoms with Crippen LogP contribution in [0, 0.1) is 5.92 Å². The van der Waals surface area contributed by atoms with Crippen molar-refractivity contribution in [3.63, 3.8) is 0 Å². The highest BCUT2D eigenvalue weighted by atomic mass is 32.2. The fraction of sp³-hybridized carbons (Fsp3) is 0.667. The minimum atomic E-state index is -3.90. The van der Waals surface area contributed by atoms with Gasteiger partial charge in [-0.25, -0.2) is 13.2 Å². The number of likely N-dealkylation sites (tertiary alicyclic amines) is 1. The van der Waals surface area contributed by atoms with E-state index in [1.165, 1.54) is 16.4 Å². The Kier molecular flexibility index (Phi) is 7.94. The Labute approximate surface area is 188 Å². The molecular formula is C21H31N3O7S. The van der Waals surface area contributed by atoms with Crippen LogP contribution in [0.2, 0.25) is 0 Å². The second-order valence-corrected chi connectivity index (χ2v) is 9.93. The van der Waals surface area contributed by atoms with Crippen LogP contribution in [0.15, 0.2) is 21.6 Å². The fourth-order valence-electron chi connectivity index (χ4n) is 4.12. The lowest BCUT2D eigenvalue weighted by molar-refractivity contribution is -0.138. The van der Waals surface area contributed by atoms with Crippen molar-refractivity contribution < 1.29 is 32.0 Å². The summed E-state index contributed by atoms with van der Waals surface area (Å²) in [5.41, 5.74) is 0. The lowest BCUT2D eigenvalue weighted by atomic mass is 9.95. The fourth-order valence-corrected chi connectivity index (χ4v) is 5.51. The van der Waals surface area contributed by atoms with Gasteiger partial charge < -0.3 is 19.4 Å². The molecule has 2 amide bonds. The molecule has 2 fully saturated rings. The third-order valence-corrected chi connectivity index (χ3v) is 7.65. The van der Waals surface area contributed by atoms with Gasteiger partial charge >= 0.3 is 5.97 Å². The van der Waals surface area contributed by atoms with E-state index in [-0.39, 0.29) is 54.3 Å². The molecule has 178 valence electrons. The molecule has 0 aliphatic carbocycles. The zero-order valence-corrected chi connectivity index (χ0v) is 19.4. The summed E-state index contributed by atoms with van der Waals surface area (Å²) < 4.78 is 37.1. The first-order valence-corrected chi connectivity index (χ1v) is 12.6. The quantitative estimate of drug-likeness (QED) is 0.598. The molecule has 0 aromatic carbocycles. The molecule has 2 aliphatic heterocycles. The van der Waals surface area contributed by atoms with Crippen LogP contribution in [0.1, 0.15) is 56.5 Å². The van der Waals surface area contributed by atoms with Crippen molar-refractivity contribution in [2.45, 2.75) is 57.1 Å². The molecule has 0 spiro atoms. The molecule has 3 heterocycles. The van der Waals surface area contributed by atoms with Gasteiger partial charge in [0, 0.05) is 44.6 Å². The molecule has 10 nitrogen and oxygen atoms in total. The summed E-state index contributed by atoms with van der Waals surface area (Å²) in [5.74, 6) is -1.14. The van der Waals surface area contributed by atoms with Crippen LogP contribution in [0.4, 0.5) is 0 Å². The molecule has 11 heteroatoms. The molecule has 0 saturated carbocycles. The van der Waals surface area contributed by atoms with E-state index in [1.807, 2.05) is 0 Å². The minimum Gasteiger partial charge on any atom is -0.460 e. The van der Waals surface area contributed by atoms with Crippen LogP contribution >= 0.6 is 0 Å². The predicted molar refractivity (Wildman–Crippen MR) is 114 cm³/mol. The molecule has 32 heavy (non-hydrogen) atoms. The highest BCUT2D eigenvalue weighted by Gasteiger charge is 2.36. The Morgan fingerprint density at radius 2 is 1.84 bits per heavy atom. The molecule has 0 bridgehead atoms. The molecular weight excluding hydrogens is 438 g/mol. The van der Waals surface area contributed by atoms with E-state index in [0.717, 1.165) is 12.8 Å². The standard InChI is InChI=1S/C21H31N3O7S/c1-3-18(25)22-16-6-5-11-23(14-16)20(26)15-9-12-24(13-10-15)32(28,29)19-8-7-17(31-19)21(27)30-4-2/h7-8,15-16H,3-6,9-14H2,1-2H3,(H,22,25). The maximum absolute atomic E-state index is 13.0. The monoisotopic (exact) mass is 469 g/mol. The zero-order valence-electron chi connectivity index (χ0n) is 18.5. The van der Waals surface area contributed by atoms with E-state index in [4.69, 9.17) is 9.15 Å². The number of piperidine rings is 2. The summed E-state index contributed by atoms with van der Waals surface area (Å²) in [6.07, 6.45) is 2.91. The largest absolute Gasteiger partial charge is 0.460 e. The number of rotatable bonds is 7. The van der Waals surface area contributed by atoms with E-state index in [2.05, 4.69) is 5.32 Å². The van der Waals surface area contributed by atoms with Crippen molar-refractivity contribution in [2.75, 3.05) is 32.8 Å². The van der Waals surface area contributed by atoms with Gasteiger partial charge in [0.2, 0.25) is 22.7 Å². The second-order valence-electron chi connectivity index (χ2n) is 8.06. The van der Waals surface area contributed by atoms with Gasteiger partial charge in [0.05, 0.1) is 6.61 Å². The maximum atomic E-state index is 13.0. The summed E-state index contributed by atoms with van der Waals surface area (Å²) in [4.78, 5) is 38.2. The summed E-state index contributed by atoms with van der Waals surface area (Å²) in [6, 6.07) is 2.50. The van der Waals surface area contributed by atoms with Gasteiger partial charge in [-0.15, -0.1) is 0 Å². The Morgan fingerprint density at radius 1 is 1.12 bits per heavy atom. The number of furan rings is 1. The molecule has 2 aliphatic rings. The third-order valence-electron chi connectivity index (χ3n) is 5.87. The highest BCUT2D eigenvalue weighted by molar-refractivity contribution is 7.89. The minimum absolute atomic E-state index is 0.0140. The van der Waals surface area contributed by atoms with Crippen molar-refractivity contribution in [2.24, 2.45) is 5.92 Å². The Hall–Kier alpha value is -2.40. The van der Waals surface area contributed by atoms with Crippen molar-refractivity contribution in [3.05, 3.63) is 17.9 Å². The molecule has 1 unspecified atom stereocenters. The summed E-state index contributed by atoms with van der Waals surface area (Å²) in [7, 11) is -3.90. The number of amides is 2. The van der Waals surface area contributed by atoms with Gasteiger partial charge in [-0.2, -0.15) is 4.31 Å². The van der Waals surface area contributed by atoms with Gasteiger partial charge in [-0.05, 0) is 44.7 Å². The number of ether oxygens (including phenoxy) is 1. The van der Waals surface area contributed by atoms with Crippen molar-refractivity contribution >= 4 is 27.8 Å².